The average Bonchev–Trinajstić information content (AvgIpc) is 3.73. The minimum Gasteiger partial charge on any atom is -0.483 e. The van der Waals surface area contributed by atoms with Crippen LogP contribution in [0.2, 0.25) is 0 Å². The largest absolute Gasteiger partial charge is 0.490 e. The predicted octanol–water partition coefficient (Wildman–Crippen LogP) is 3.70. The van der Waals surface area contributed by atoms with Crippen LogP contribution in [-0.2, 0) is 16.3 Å². The molecule has 12 nitrogen and oxygen atoms in total. The van der Waals surface area contributed by atoms with Crippen LogP contribution >= 0.6 is 0 Å². The number of alkyl halides is 3. The average molecular weight is 651 g/mol. The molecule has 1 atom stereocenters. The zero-order valence-corrected chi connectivity index (χ0v) is 23.9. The van der Waals surface area contributed by atoms with Gasteiger partial charge in [0, 0.05) is 36.9 Å². The maximum Gasteiger partial charge on any atom is 0.490 e. The summed E-state index contributed by atoms with van der Waals surface area (Å²) in [4.78, 5) is 34.2. The van der Waals surface area contributed by atoms with E-state index in [9.17, 15) is 35.9 Å². The van der Waals surface area contributed by atoms with Crippen LogP contribution in [0.1, 0.15) is 29.3 Å². The second-order valence-electron chi connectivity index (χ2n) is 10.6. The van der Waals surface area contributed by atoms with Crippen LogP contribution in [-0.4, -0.2) is 87.2 Å². The molecule has 6 rings (SSSR count). The molecule has 0 bridgehead atoms. The molecule has 18 heteroatoms. The number of esters is 1. The van der Waals surface area contributed by atoms with Gasteiger partial charge in [-0.1, -0.05) is 0 Å². The molecule has 0 radical (unpaired) electrons. The fourth-order valence-corrected chi connectivity index (χ4v) is 5.22. The first kappa shape index (κ1) is 30.8. The summed E-state index contributed by atoms with van der Waals surface area (Å²) in [5.74, 6) is -4.67. The molecule has 0 spiro atoms. The van der Waals surface area contributed by atoms with Crippen molar-refractivity contribution in [3.8, 4) is 17.1 Å². The summed E-state index contributed by atoms with van der Waals surface area (Å²) < 4.78 is 91.7. The minimum absolute atomic E-state index is 0.0556. The van der Waals surface area contributed by atoms with E-state index in [0.717, 1.165) is 34.1 Å². The van der Waals surface area contributed by atoms with E-state index in [1.54, 1.807) is 6.92 Å². The highest BCUT2D eigenvalue weighted by Crippen LogP contribution is 2.33. The lowest BCUT2D eigenvalue weighted by Crippen LogP contribution is -2.58. The van der Waals surface area contributed by atoms with Crippen molar-refractivity contribution in [2.24, 2.45) is 10.1 Å². The Labute approximate surface area is 256 Å². The second-order valence-corrected chi connectivity index (χ2v) is 10.6. The van der Waals surface area contributed by atoms with Gasteiger partial charge in [0.25, 0.3) is 0 Å². The van der Waals surface area contributed by atoms with E-state index in [-0.39, 0.29) is 47.9 Å². The molecule has 0 unspecified atom stereocenters. The Morgan fingerprint density at radius 3 is 2.50 bits per heavy atom. The van der Waals surface area contributed by atoms with Gasteiger partial charge in [-0.15, -0.1) is 0 Å². The molecule has 3 aliphatic rings. The van der Waals surface area contributed by atoms with Gasteiger partial charge < -0.3 is 19.7 Å². The highest BCUT2D eigenvalue weighted by Gasteiger charge is 2.42. The van der Waals surface area contributed by atoms with Gasteiger partial charge in [0.1, 0.15) is 35.0 Å². The van der Waals surface area contributed by atoms with Gasteiger partial charge in [0.05, 0.1) is 37.6 Å². The van der Waals surface area contributed by atoms with Crippen molar-refractivity contribution in [1.29, 1.82) is 0 Å². The molecule has 1 fully saturated rings. The number of carbonyl (C=O) groups excluding carboxylic acids is 2. The molecule has 242 valence electrons. The van der Waals surface area contributed by atoms with Crippen LogP contribution < -0.4 is 10.1 Å². The monoisotopic (exact) mass is 650 g/mol. The maximum absolute atomic E-state index is 14.8. The normalized spacial score (nSPS) is 18.0. The van der Waals surface area contributed by atoms with Crippen LogP contribution in [0.25, 0.3) is 11.4 Å². The van der Waals surface area contributed by atoms with E-state index < -0.39 is 54.5 Å². The zero-order chi connectivity index (χ0) is 32.7. The number of aliphatic imine (C=N–C) groups is 1. The molecular weight excluding hydrogens is 626 g/mol. The van der Waals surface area contributed by atoms with Crippen LogP contribution in [0, 0.1) is 24.4 Å². The van der Waals surface area contributed by atoms with Crippen LogP contribution in [0.15, 0.2) is 40.6 Å². The highest BCUT2D eigenvalue weighted by molar-refractivity contribution is 6.00. The van der Waals surface area contributed by atoms with E-state index in [0.29, 0.717) is 24.5 Å². The number of pyridine rings is 1. The van der Waals surface area contributed by atoms with Gasteiger partial charge in [-0.2, -0.15) is 23.4 Å². The Morgan fingerprint density at radius 2 is 1.83 bits per heavy atom. The molecule has 3 aliphatic heterocycles. The molecular formula is C28H24F6N8O4. The van der Waals surface area contributed by atoms with E-state index >= 15 is 0 Å². The van der Waals surface area contributed by atoms with Gasteiger partial charge in [-0.25, -0.2) is 32.5 Å². The number of ether oxygens (including phenoxy) is 2. The van der Waals surface area contributed by atoms with Gasteiger partial charge >= 0.3 is 18.2 Å². The first-order valence-electron chi connectivity index (χ1n) is 13.9. The molecule has 5 heterocycles. The Morgan fingerprint density at radius 1 is 1.09 bits per heavy atom. The Bertz CT molecular complexity index is 1730. The number of rotatable bonds is 7. The van der Waals surface area contributed by atoms with Crippen molar-refractivity contribution >= 4 is 24.1 Å². The molecule has 0 saturated carbocycles. The molecule has 1 saturated heterocycles. The second kappa shape index (κ2) is 12.0. The van der Waals surface area contributed by atoms with Crippen LogP contribution in [0.3, 0.4) is 0 Å². The lowest BCUT2D eigenvalue weighted by molar-refractivity contribution is -0.203. The fourth-order valence-electron chi connectivity index (χ4n) is 5.22. The van der Waals surface area contributed by atoms with Crippen molar-refractivity contribution in [1.82, 2.24) is 30.0 Å². The van der Waals surface area contributed by atoms with E-state index in [4.69, 9.17) is 4.74 Å². The number of urea groups is 1. The fraction of sp³-hybridized carbons (Fsp3) is 0.357. The van der Waals surface area contributed by atoms with E-state index in [1.807, 2.05) is 0 Å². The zero-order valence-electron chi connectivity index (χ0n) is 23.9. The number of nitrogens with zero attached hydrogens (tertiary/aromatic N) is 7. The van der Waals surface area contributed by atoms with Gasteiger partial charge in [-0.05, 0) is 24.6 Å². The molecule has 46 heavy (non-hydrogen) atoms. The number of hydrazone groups is 1. The number of aromatic nitrogens is 3. The first-order chi connectivity index (χ1) is 21.9. The Kier molecular flexibility index (Phi) is 8.03. The Balaban J connectivity index is 1.16. The van der Waals surface area contributed by atoms with Crippen LogP contribution in [0.4, 0.5) is 31.1 Å². The number of amides is 2. The lowest BCUT2D eigenvalue weighted by Gasteiger charge is -2.41. The molecule has 2 aromatic heterocycles. The smallest absolute Gasteiger partial charge is 0.483 e. The third-order valence-electron chi connectivity index (χ3n) is 7.41. The minimum atomic E-state index is -5.20. The third kappa shape index (κ3) is 6.05. The number of nitrogens with one attached hydrogen (secondary N) is 1. The Hall–Kier alpha value is -5.16. The number of amidine groups is 1. The summed E-state index contributed by atoms with van der Waals surface area (Å²) >= 11 is 0. The number of benzene rings is 1. The summed E-state index contributed by atoms with van der Waals surface area (Å²) in [7, 11) is 0. The van der Waals surface area contributed by atoms with Crippen LogP contribution in [0.5, 0.6) is 5.75 Å². The molecule has 0 aliphatic carbocycles. The number of halogens is 6. The number of hydrogen-bond acceptors (Lipinski definition) is 9. The summed E-state index contributed by atoms with van der Waals surface area (Å²) in [6.45, 7) is 1.72. The summed E-state index contributed by atoms with van der Waals surface area (Å²) in [5.41, 5.74) is 1.18. The number of carbonyl (C=O) groups is 2. The van der Waals surface area contributed by atoms with E-state index in [1.165, 1.54) is 17.2 Å². The van der Waals surface area contributed by atoms with Crippen molar-refractivity contribution in [2.45, 2.75) is 38.4 Å². The molecule has 1 N–H and O–H groups in total. The standard InChI is InChI=1S/C28H24F6N8O4/c1-14-23(39-41(13-45-26(43)28(32,33)34)24(14)25-35-4-5-36-25)20-9-22(19(31)10-37-20)46-18-11-40(12-18)27(44)42-21(2-3-38-42)15-6-16(29)8-17(30)7-15/h3,6-10,18,21H,2,4-5,11-13H2,1H3,(H,35,36)/t21-/m0/s1. The number of likely N-dealkylation sites (tertiary alicyclic amines) is 1. The highest BCUT2D eigenvalue weighted by atomic mass is 19.4. The van der Waals surface area contributed by atoms with Gasteiger partial charge in [-0.3, -0.25) is 9.98 Å². The summed E-state index contributed by atoms with van der Waals surface area (Å²) in [6.07, 6.45) is -3.21. The maximum atomic E-state index is 14.8. The topological polar surface area (TPSA) is 127 Å². The number of hydrogen-bond donors (Lipinski definition) is 1. The summed E-state index contributed by atoms with van der Waals surface area (Å²) in [5, 5.41) is 12.5. The van der Waals surface area contributed by atoms with Crippen molar-refractivity contribution < 1.29 is 45.4 Å². The third-order valence-corrected chi connectivity index (χ3v) is 7.41. The lowest BCUT2D eigenvalue weighted by atomic mass is 10.0. The van der Waals surface area contributed by atoms with E-state index in [2.05, 4.69) is 30.2 Å². The first-order valence-corrected chi connectivity index (χ1v) is 13.9. The van der Waals surface area contributed by atoms with Crippen molar-refractivity contribution in [3.63, 3.8) is 0 Å². The molecule has 1 aromatic carbocycles. The molecule has 2 amide bonds. The summed E-state index contributed by atoms with van der Waals surface area (Å²) in [6, 6.07) is 3.03. The molecule has 3 aromatic rings. The SMILES string of the molecule is Cc1c(-c2cc(OC3CN(C(=O)N4N=CC[C@H]4c4cc(F)cc(F)c4)C3)c(F)cn2)nn(COC(=O)C(F)(F)F)c1C1=NCCN1. The van der Waals surface area contributed by atoms with Crippen molar-refractivity contribution in [3.05, 3.63) is 64.7 Å². The quantitative estimate of drug-likeness (QED) is 0.305. The van der Waals surface area contributed by atoms with Gasteiger partial charge in [0.15, 0.2) is 18.3 Å². The van der Waals surface area contributed by atoms with Crippen molar-refractivity contribution in [2.75, 3.05) is 26.2 Å². The predicted molar refractivity (Wildman–Crippen MR) is 147 cm³/mol. The van der Waals surface area contributed by atoms with Gasteiger partial charge in [0.2, 0.25) is 0 Å².